The highest BCUT2D eigenvalue weighted by atomic mass is 19.1. The average Bonchev–Trinajstić information content (AvgIpc) is 2.30. The first-order valence-corrected chi connectivity index (χ1v) is 4.82. The van der Waals surface area contributed by atoms with Crippen LogP contribution in [-0.2, 0) is 0 Å². The molecule has 0 spiro atoms. The van der Waals surface area contributed by atoms with Crippen LogP contribution in [0.25, 0.3) is 0 Å². The summed E-state index contributed by atoms with van der Waals surface area (Å²) in [4.78, 5) is 11.9. The Labute approximate surface area is 94.3 Å². The highest BCUT2D eigenvalue weighted by Gasteiger charge is 2.07. The van der Waals surface area contributed by atoms with Gasteiger partial charge < -0.3 is 0 Å². The Balaban J connectivity index is 2.32. The van der Waals surface area contributed by atoms with Crippen LogP contribution in [0.15, 0.2) is 48.5 Å². The number of rotatable bonds is 2. The Morgan fingerprint density at radius 2 is 1.31 bits per heavy atom. The minimum Gasteiger partial charge on any atom is -0.289 e. The molecule has 0 fully saturated rings. The minimum absolute atomic E-state index is 0.139. The number of carbonyl (C=O) groups excluding carboxylic acids is 1. The van der Waals surface area contributed by atoms with E-state index in [2.05, 4.69) is 0 Å². The van der Waals surface area contributed by atoms with Crippen molar-refractivity contribution in [3.63, 3.8) is 0 Å². The van der Waals surface area contributed by atoms with Crippen molar-refractivity contribution in [3.05, 3.63) is 65.5 Å². The summed E-state index contributed by atoms with van der Waals surface area (Å²) in [6.07, 6.45) is 0. The molecule has 0 unspecified atom stereocenters. The molecule has 76 valence electrons. The monoisotopic (exact) mass is 210 g/mol. The lowest BCUT2D eigenvalue weighted by atomic mass is 9.93. The van der Waals surface area contributed by atoms with Crippen LogP contribution in [0.3, 0.4) is 0 Å². The van der Waals surface area contributed by atoms with E-state index in [4.69, 9.17) is 7.85 Å². The van der Waals surface area contributed by atoms with E-state index in [-0.39, 0.29) is 11.6 Å². The molecule has 0 aromatic heterocycles. The zero-order valence-electron chi connectivity index (χ0n) is 8.48. The second kappa shape index (κ2) is 4.31. The lowest BCUT2D eigenvalue weighted by Gasteiger charge is -2.01. The molecule has 2 radical (unpaired) electrons. The Morgan fingerprint density at radius 3 is 1.81 bits per heavy atom. The normalized spacial score (nSPS) is 10.1. The fraction of sp³-hybridized carbons (Fsp3) is 0. The third-order valence-corrected chi connectivity index (χ3v) is 2.28. The quantitative estimate of drug-likeness (QED) is 0.546. The fourth-order valence-corrected chi connectivity index (χ4v) is 1.40. The Morgan fingerprint density at radius 1 is 0.875 bits per heavy atom. The Hall–Kier alpha value is -1.90. The van der Waals surface area contributed by atoms with Gasteiger partial charge >= 0.3 is 0 Å². The predicted molar refractivity (Wildman–Crippen MR) is 61.7 cm³/mol. The Kier molecular flexibility index (Phi) is 2.86. The lowest BCUT2D eigenvalue weighted by Crippen LogP contribution is -2.05. The van der Waals surface area contributed by atoms with Gasteiger partial charge in [0.15, 0.2) is 5.78 Å². The minimum atomic E-state index is -0.353. The summed E-state index contributed by atoms with van der Waals surface area (Å²) in [7, 11) is 5.52. The van der Waals surface area contributed by atoms with Crippen molar-refractivity contribution in [3.8, 4) is 0 Å². The first-order chi connectivity index (χ1) is 7.66. The maximum Gasteiger partial charge on any atom is 0.193 e. The van der Waals surface area contributed by atoms with E-state index in [9.17, 15) is 9.18 Å². The van der Waals surface area contributed by atoms with Crippen LogP contribution in [0.4, 0.5) is 4.39 Å². The highest BCUT2D eigenvalue weighted by molar-refractivity contribution is 6.32. The number of hydrogen-bond acceptors (Lipinski definition) is 1. The molecule has 2 rings (SSSR count). The summed E-state index contributed by atoms with van der Waals surface area (Å²) < 4.78 is 12.7. The molecule has 2 aromatic carbocycles. The van der Waals surface area contributed by atoms with E-state index in [0.29, 0.717) is 16.6 Å². The highest BCUT2D eigenvalue weighted by Crippen LogP contribution is 2.09. The summed E-state index contributed by atoms with van der Waals surface area (Å²) in [5.74, 6) is -0.492. The van der Waals surface area contributed by atoms with Gasteiger partial charge in [-0.2, -0.15) is 0 Å². The van der Waals surface area contributed by atoms with Crippen LogP contribution < -0.4 is 5.46 Å². The van der Waals surface area contributed by atoms with E-state index < -0.39 is 0 Å². The number of halogens is 1. The van der Waals surface area contributed by atoms with E-state index in [0.717, 1.165) is 0 Å². The van der Waals surface area contributed by atoms with Crippen molar-refractivity contribution in [2.24, 2.45) is 0 Å². The smallest absolute Gasteiger partial charge is 0.193 e. The van der Waals surface area contributed by atoms with Gasteiger partial charge in [-0.25, -0.2) is 4.39 Å². The largest absolute Gasteiger partial charge is 0.289 e. The topological polar surface area (TPSA) is 17.1 Å². The summed E-state index contributed by atoms with van der Waals surface area (Å²) in [5, 5.41) is 0. The van der Waals surface area contributed by atoms with Crippen molar-refractivity contribution < 1.29 is 9.18 Å². The van der Waals surface area contributed by atoms with Gasteiger partial charge in [0, 0.05) is 11.1 Å². The van der Waals surface area contributed by atoms with Gasteiger partial charge in [0.25, 0.3) is 0 Å². The molecule has 1 nitrogen and oxygen atoms in total. The zero-order valence-corrected chi connectivity index (χ0v) is 8.48. The molecule has 0 heterocycles. The standard InChI is InChI=1S/C13H8BFO/c14-11-5-1-9(2-6-11)13(16)10-3-7-12(15)8-4-10/h1-8H. The van der Waals surface area contributed by atoms with E-state index in [1.54, 1.807) is 24.3 Å². The average molecular weight is 210 g/mol. The van der Waals surface area contributed by atoms with Gasteiger partial charge in [0.1, 0.15) is 13.7 Å². The van der Waals surface area contributed by atoms with Gasteiger partial charge in [-0.1, -0.05) is 29.7 Å². The summed E-state index contributed by atoms with van der Waals surface area (Å²) in [6, 6.07) is 12.1. The number of benzene rings is 2. The second-order valence-corrected chi connectivity index (χ2v) is 3.46. The molecule has 0 bridgehead atoms. The van der Waals surface area contributed by atoms with Crippen molar-refractivity contribution >= 4 is 19.1 Å². The van der Waals surface area contributed by atoms with Crippen LogP contribution in [0.5, 0.6) is 0 Å². The van der Waals surface area contributed by atoms with Crippen molar-refractivity contribution in [1.82, 2.24) is 0 Å². The predicted octanol–water partition coefficient (Wildman–Crippen LogP) is 1.85. The third kappa shape index (κ3) is 2.19. The zero-order chi connectivity index (χ0) is 11.5. The van der Waals surface area contributed by atoms with Crippen molar-refractivity contribution in [2.75, 3.05) is 0 Å². The maximum atomic E-state index is 12.7. The van der Waals surface area contributed by atoms with E-state index in [1.807, 2.05) is 0 Å². The molecule has 2 aromatic rings. The van der Waals surface area contributed by atoms with Gasteiger partial charge in [-0.3, -0.25) is 4.79 Å². The van der Waals surface area contributed by atoms with Gasteiger partial charge in [0.05, 0.1) is 0 Å². The third-order valence-electron chi connectivity index (χ3n) is 2.28. The molecule has 0 saturated heterocycles. The molecular formula is C13H8BFO. The first-order valence-electron chi connectivity index (χ1n) is 4.82. The summed E-state index contributed by atoms with van der Waals surface area (Å²) in [6.45, 7) is 0. The molecule has 0 aliphatic rings. The van der Waals surface area contributed by atoms with Crippen molar-refractivity contribution in [2.45, 2.75) is 0 Å². The summed E-state index contributed by atoms with van der Waals surface area (Å²) in [5.41, 5.74) is 1.61. The lowest BCUT2D eigenvalue weighted by molar-refractivity contribution is 0.103. The summed E-state index contributed by atoms with van der Waals surface area (Å²) >= 11 is 0. The van der Waals surface area contributed by atoms with E-state index in [1.165, 1.54) is 24.3 Å². The van der Waals surface area contributed by atoms with Crippen molar-refractivity contribution in [1.29, 1.82) is 0 Å². The molecule has 0 aliphatic heterocycles. The maximum absolute atomic E-state index is 12.7. The molecule has 0 atom stereocenters. The van der Waals surface area contributed by atoms with Crippen LogP contribution in [-0.4, -0.2) is 13.6 Å². The second-order valence-electron chi connectivity index (χ2n) is 3.46. The van der Waals surface area contributed by atoms with Crippen LogP contribution in [0.2, 0.25) is 0 Å². The van der Waals surface area contributed by atoms with Crippen LogP contribution >= 0.6 is 0 Å². The first kappa shape index (κ1) is 10.6. The van der Waals surface area contributed by atoms with Gasteiger partial charge in [-0.15, -0.1) is 0 Å². The SMILES string of the molecule is [B]c1ccc(C(=O)c2ccc(F)cc2)cc1. The molecule has 3 heteroatoms. The molecule has 0 saturated carbocycles. The molecule has 16 heavy (non-hydrogen) atoms. The van der Waals surface area contributed by atoms with Crippen LogP contribution in [0, 0.1) is 5.82 Å². The molecule has 0 amide bonds. The van der Waals surface area contributed by atoms with Gasteiger partial charge in [-0.05, 0) is 24.3 Å². The number of hydrogen-bond donors (Lipinski definition) is 0. The number of carbonyl (C=O) groups is 1. The molecular weight excluding hydrogens is 202 g/mol. The molecule has 0 N–H and O–H groups in total. The molecule has 0 aliphatic carbocycles. The van der Waals surface area contributed by atoms with E-state index >= 15 is 0 Å². The van der Waals surface area contributed by atoms with Gasteiger partial charge in [0.2, 0.25) is 0 Å². The number of ketones is 1. The fourth-order valence-electron chi connectivity index (χ4n) is 1.40. The van der Waals surface area contributed by atoms with Crippen LogP contribution in [0.1, 0.15) is 15.9 Å². The Bertz CT molecular complexity index is 455.